The number of ether oxygens (including phenoxy) is 1. The SMILES string of the molecule is O=C(NCCCN1CCOCC1)C1CC=CCC1. The van der Waals surface area contributed by atoms with E-state index in [1.807, 2.05) is 0 Å². The van der Waals surface area contributed by atoms with Crippen molar-refractivity contribution in [2.45, 2.75) is 25.7 Å². The second-order valence-electron chi connectivity index (χ2n) is 5.08. The number of nitrogens with zero attached hydrogens (tertiary/aromatic N) is 1. The Morgan fingerprint density at radius 1 is 1.33 bits per heavy atom. The van der Waals surface area contributed by atoms with E-state index in [2.05, 4.69) is 22.4 Å². The van der Waals surface area contributed by atoms with Crippen molar-refractivity contribution < 1.29 is 9.53 Å². The molecule has 2 aliphatic rings. The Morgan fingerprint density at radius 3 is 2.89 bits per heavy atom. The van der Waals surface area contributed by atoms with Gasteiger partial charge in [-0.15, -0.1) is 0 Å². The van der Waals surface area contributed by atoms with Crippen LogP contribution in [0.25, 0.3) is 0 Å². The summed E-state index contributed by atoms with van der Waals surface area (Å²) in [5, 5.41) is 3.06. The van der Waals surface area contributed by atoms with Crippen LogP contribution in [0.15, 0.2) is 12.2 Å². The van der Waals surface area contributed by atoms with E-state index in [9.17, 15) is 4.79 Å². The average molecular weight is 252 g/mol. The van der Waals surface area contributed by atoms with Crippen LogP contribution in [0.1, 0.15) is 25.7 Å². The molecule has 18 heavy (non-hydrogen) atoms. The van der Waals surface area contributed by atoms with Gasteiger partial charge in [0, 0.05) is 25.6 Å². The Kier molecular flexibility index (Phi) is 5.68. The summed E-state index contributed by atoms with van der Waals surface area (Å²) in [6.45, 7) is 5.62. The molecule has 102 valence electrons. The third kappa shape index (κ3) is 4.42. The Hall–Kier alpha value is -0.870. The molecule has 0 aromatic carbocycles. The number of morpholine rings is 1. The molecule has 0 spiro atoms. The van der Waals surface area contributed by atoms with Crippen LogP contribution in [-0.2, 0) is 9.53 Å². The molecule has 2 rings (SSSR count). The highest BCUT2D eigenvalue weighted by Crippen LogP contribution is 2.17. The minimum Gasteiger partial charge on any atom is -0.379 e. The second kappa shape index (κ2) is 7.54. The van der Waals surface area contributed by atoms with Crippen molar-refractivity contribution in [3.05, 3.63) is 12.2 Å². The molecule has 1 unspecified atom stereocenters. The quantitative estimate of drug-likeness (QED) is 0.590. The van der Waals surface area contributed by atoms with Crippen molar-refractivity contribution >= 4 is 5.91 Å². The summed E-state index contributed by atoms with van der Waals surface area (Å²) in [5.41, 5.74) is 0. The number of carbonyl (C=O) groups is 1. The standard InChI is InChI=1S/C14H24N2O2/c17-14(13-5-2-1-3-6-13)15-7-4-8-16-9-11-18-12-10-16/h1-2,13H,3-12H2,(H,15,17). The largest absolute Gasteiger partial charge is 0.379 e. The van der Waals surface area contributed by atoms with Crippen LogP contribution < -0.4 is 5.32 Å². The van der Waals surface area contributed by atoms with E-state index in [0.29, 0.717) is 0 Å². The van der Waals surface area contributed by atoms with E-state index in [4.69, 9.17) is 4.74 Å². The Bertz CT molecular complexity index is 286. The lowest BCUT2D eigenvalue weighted by Crippen LogP contribution is -2.38. The van der Waals surface area contributed by atoms with Gasteiger partial charge in [-0.2, -0.15) is 0 Å². The zero-order valence-corrected chi connectivity index (χ0v) is 11.1. The molecule has 1 fully saturated rings. The fraction of sp³-hybridized carbons (Fsp3) is 0.786. The molecule has 1 amide bonds. The number of carbonyl (C=O) groups excluding carboxylic acids is 1. The summed E-state index contributed by atoms with van der Waals surface area (Å²) in [6.07, 6.45) is 8.30. The van der Waals surface area contributed by atoms with Crippen molar-refractivity contribution in [2.75, 3.05) is 39.4 Å². The van der Waals surface area contributed by atoms with Gasteiger partial charge >= 0.3 is 0 Å². The third-order valence-corrected chi connectivity index (χ3v) is 3.69. The maximum Gasteiger partial charge on any atom is 0.223 e. The molecule has 1 saturated heterocycles. The maximum atomic E-state index is 11.9. The number of nitrogens with one attached hydrogen (secondary N) is 1. The van der Waals surface area contributed by atoms with Crippen LogP contribution in [0.5, 0.6) is 0 Å². The van der Waals surface area contributed by atoms with Gasteiger partial charge < -0.3 is 10.1 Å². The summed E-state index contributed by atoms with van der Waals surface area (Å²) < 4.78 is 5.31. The van der Waals surface area contributed by atoms with Crippen molar-refractivity contribution in [1.82, 2.24) is 10.2 Å². The lowest BCUT2D eigenvalue weighted by atomic mass is 9.94. The van der Waals surface area contributed by atoms with E-state index in [-0.39, 0.29) is 11.8 Å². The van der Waals surface area contributed by atoms with Gasteiger partial charge in [-0.1, -0.05) is 12.2 Å². The van der Waals surface area contributed by atoms with Gasteiger partial charge in [0.25, 0.3) is 0 Å². The van der Waals surface area contributed by atoms with Crippen LogP contribution in [-0.4, -0.2) is 50.2 Å². The van der Waals surface area contributed by atoms with Crippen LogP contribution in [0.2, 0.25) is 0 Å². The smallest absolute Gasteiger partial charge is 0.223 e. The molecule has 4 heteroatoms. The molecule has 1 aliphatic carbocycles. The lowest BCUT2D eigenvalue weighted by molar-refractivity contribution is -0.125. The first-order chi connectivity index (χ1) is 8.86. The Morgan fingerprint density at radius 2 is 2.17 bits per heavy atom. The van der Waals surface area contributed by atoms with Crippen LogP contribution >= 0.6 is 0 Å². The summed E-state index contributed by atoms with van der Waals surface area (Å²) in [7, 11) is 0. The summed E-state index contributed by atoms with van der Waals surface area (Å²) in [4.78, 5) is 14.3. The normalized spacial score (nSPS) is 25.0. The first-order valence-corrected chi connectivity index (χ1v) is 7.09. The van der Waals surface area contributed by atoms with Crippen molar-refractivity contribution in [3.63, 3.8) is 0 Å². The Balaban J connectivity index is 1.54. The number of allylic oxidation sites excluding steroid dienone is 2. The van der Waals surface area contributed by atoms with Gasteiger partial charge in [0.2, 0.25) is 5.91 Å². The fourth-order valence-corrected chi connectivity index (χ4v) is 2.52. The van der Waals surface area contributed by atoms with E-state index >= 15 is 0 Å². The molecule has 0 saturated carbocycles. The van der Waals surface area contributed by atoms with Crippen molar-refractivity contribution in [2.24, 2.45) is 5.92 Å². The van der Waals surface area contributed by atoms with Crippen molar-refractivity contribution in [1.29, 1.82) is 0 Å². The van der Waals surface area contributed by atoms with Crippen LogP contribution in [0, 0.1) is 5.92 Å². The molecule has 0 aromatic heterocycles. The molecule has 0 bridgehead atoms. The average Bonchev–Trinajstić information content (AvgIpc) is 2.45. The van der Waals surface area contributed by atoms with Gasteiger partial charge in [0.1, 0.15) is 0 Å². The molecular weight excluding hydrogens is 228 g/mol. The van der Waals surface area contributed by atoms with Gasteiger partial charge in [-0.3, -0.25) is 9.69 Å². The summed E-state index contributed by atoms with van der Waals surface area (Å²) >= 11 is 0. The first kappa shape index (κ1) is 13.6. The summed E-state index contributed by atoms with van der Waals surface area (Å²) in [6, 6.07) is 0. The molecule has 1 N–H and O–H groups in total. The van der Waals surface area contributed by atoms with Gasteiger partial charge in [0.05, 0.1) is 13.2 Å². The number of hydrogen-bond donors (Lipinski definition) is 1. The van der Waals surface area contributed by atoms with E-state index in [1.165, 1.54) is 0 Å². The van der Waals surface area contributed by atoms with E-state index in [1.54, 1.807) is 0 Å². The maximum absolute atomic E-state index is 11.9. The van der Waals surface area contributed by atoms with Crippen LogP contribution in [0.4, 0.5) is 0 Å². The van der Waals surface area contributed by atoms with Crippen LogP contribution in [0.3, 0.4) is 0 Å². The number of amides is 1. The third-order valence-electron chi connectivity index (χ3n) is 3.69. The zero-order chi connectivity index (χ0) is 12.6. The van der Waals surface area contributed by atoms with Crippen molar-refractivity contribution in [3.8, 4) is 0 Å². The first-order valence-electron chi connectivity index (χ1n) is 7.09. The minimum atomic E-state index is 0.207. The molecule has 0 radical (unpaired) electrons. The van der Waals surface area contributed by atoms with Gasteiger partial charge in [0.15, 0.2) is 0 Å². The highest BCUT2D eigenvalue weighted by molar-refractivity contribution is 5.78. The highest BCUT2D eigenvalue weighted by Gasteiger charge is 2.18. The molecule has 4 nitrogen and oxygen atoms in total. The Labute approximate surface area is 109 Å². The predicted molar refractivity (Wildman–Crippen MR) is 71.4 cm³/mol. The molecular formula is C14H24N2O2. The lowest BCUT2D eigenvalue weighted by Gasteiger charge is -2.26. The summed E-state index contributed by atoms with van der Waals surface area (Å²) in [5.74, 6) is 0.444. The second-order valence-corrected chi connectivity index (χ2v) is 5.08. The van der Waals surface area contributed by atoms with Gasteiger partial charge in [-0.25, -0.2) is 0 Å². The van der Waals surface area contributed by atoms with E-state index in [0.717, 1.165) is 65.1 Å². The fourth-order valence-electron chi connectivity index (χ4n) is 2.52. The van der Waals surface area contributed by atoms with E-state index < -0.39 is 0 Å². The molecule has 1 atom stereocenters. The highest BCUT2D eigenvalue weighted by atomic mass is 16.5. The topological polar surface area (TPSA) is 41.6 Å². The monoisotopic (exact) mass is 252 g/mol. The zero-order valence-electron chi connectivity index (χ0n) is 11.1. The number of rotatable bonds is 5. The predicted octanol–water partition coefficient (Wildman–Crippen LogP) is 1.18. The molecule has 1 aliphatic heterocycles. The minimum absolute atomic E-state index is 0.207. The van der Waals surface area contributed by atoms with Gasteiger partial charge in [-0.05, 0) is 32.2 Å². The molecule has 0 aromatic rings. The number of hydrogen-bond acceptors (Lipinski definition) is 3. The molecule has 1 heterocycles.